The van der Waals surface area contributed by atoms with Crippen LogP contribution in [-0.2, 0) is 6.54 Å². The molecule has 0 atom stereocenters. The molecule has 0 amide bonds. The molecule has 2 rings (SSSR count). The largest absolute Gasteiger partial charge is 0.315 e. The van der Waals surface area contributed by atoms with Gasteiger partial charge in [-0.25, -0.2) is 4.68 Å². The number of benzene rings is 1. The van der Waals surface area contributed by atoms with Crippen LogP contribution in [0.5, 0.6) is 0 Å². The molecule has 0 fully saturated rings. The summed E-state index contributed by atoms with van der Waals surface area (Å²) in [5.41, 5.74) is 2.20. The summed E-state index contributed by atoms with van der Waals surface area (Å²) in [5.74, 6) is 0.705. The van der Waals surface area contributed by atoms with Crippen molar-refractivity contribution in [1.29, 1.82) is 0 Å². The third kappa shape index (κ3) is 5.33. The number of likely N-dealkylation sites (N-methyl/N-ethyl adjacent to an activating group) is 1. The zero-order valence-corrected chi connectivity index (χ0v) is 13.3. The Bertz CT molecular complexity index is 519. The van der Waals surface area contributed by atoms with Gasteiger partial charge in [-0.3, -0.25) is 4.90 Å². The summed E-state index contributed by atoms with van der Waals surface area (Å²) in [6, 6.07) is 12.3. The maximum atomic E-state index is 4.63. The lowest BCUT2D eigenvalue weighted by Gasteiger charge is -2.16. The predicted molar refractivity (Wildman–Crippen MR) is 87.6 cm³/mol. The molecule has 1 aromatic heterocycles. The van der Waals surface area contributed by atoms with Crippen LogP contribution in [0, 0.1) is 5.92 Å². The molecule has 4 nitrogen and oxygen atoms in total. The van der Waals surface area contributed by atoms with Crippen LogP contribution >= 0.6 is 0 Å². The lowest BCUT2D eigenvalue weighted by molar-refractivity contribution is 0.317. The van der Waals surface area contributed by atoms with Gasteiger partial charge >= 0.3 is 0 Å². The zero-order chi connectivity index (χ0) is 15.1. The second kappa shape index (κ2) is 7.96. The second-order valence-electron chi connectivity index (χ2n) is 5.92. The molecule has 21 heavy (non-hydrogen) atoms. The molecule has 1 aromatic carbocycles. The van der Waals surface area contributed by atoms with Crippen molar-refractivity contribution in [3.63, 3.8) is 0 Å². The Hall–Kier alpha value is -1.65. The molecule has 0 aliphatic rings. The van der Waals surface area contributed by atoms with E-state index in [1.165, 1.54) is 0 Å². The van der Waals surface area contributed by atoms with Crippen molar-refractivity contribution in [3.8, 4) is 5.69 Å². The number of hydrogen-bond donors (Lipinski definition) is 1. The maximum Gasteiger partial charge on any atom is 0.0769 e. The van der Waals surface area contributed by atoms with Crippen LogP contribution in [-0.4, -0.2) is 41.4 Å². The summed E-state index contributed by atoms with van der Waals surface area (Å²) in [7, 11) is 2.14. The van der Waals surface area contributed by atoms with Crippen LogP contribution in [0.2, 0.25) is 0 Å². The monoisotopic (exact) mass is 286 g/mol. The Morgan fingerprint density at radius 3 is 2.67 bits per heavy atom. The first-order chi connectivity index (χ1) is 10.1. The summed E-state index contributed by atoms with van der Waals surface area (Å²) < 4.78 is 1.93. The summed E-state index contributed by atoms with van der Waals surface area (Å²) in [6.45, 7) is 8.47. The highest BCUT2D eigenvalue weighted by Crippen LogP contribution is 2.07. The van der Waals surface area contributed by atoms with E-state index >= 15 is 0 Å². The van der Waals surface area contributed by atoms with Crippen molar-refractivity contribution in [2.24, 2.45) is 5.92 Å². The Balaban J connectivity index is 1.79. The first-order valence-electron chi connectivity index (χ1n) is 7.64. The van der Waals surface area contributed by atoms with E-state index in [1.807, 2.05) is 29.1 Å². The third-order valence-corrected chi connectivity index (χ3v) is 3.32. The van der Waals surface area contributed by atoms with Crippen molar-refractivity contribution in [2.75, 3.05) is 26.7 Å². The zero-order valence-electron chi connectivity index (χ0n) is 13.3. The number of aromatic nitrogens is 2. The average Bonchev–Trinajstić information content (AvgIpc) is 2.93. The molecule has 1 heterocycles. The lowest BCUT2D eigenvalue weighted by Crippen LogP contribution is -2.31. The van der Waals surface area contributed by atoms with Crippen molar-refractivity contribution in [2.45, 2.75) is 20.4 Å². The van der Waals surface area contributed by atoms with E-state index in [-0.39, 0.29) is 0 Å². The normalized spacial score (nSPS) is 11.5. The maximum absolute atomic E-state index is 4.63. The SMILES string of the molecule is CC(C)CNCCN(C)Cc1ccn(-c2ccccc2)n1. The molecule has 4 heteroatoms. The van der Waals surface area contributed by atoms with Crippen molar-refractivity contribution in [1.82, 2.24) is 20.0 Å². The molecule has 0 bridgehead atoms. The van der Waals surface area contributed by atoms with Crippen LogP contribution < -0.4 is 5.32 Å². The minimum absolute atomic E-state index is 0.705. The minimum Gasteiger partial charge on any atom is -0.315 e. The third-order valence-electron chi connectivity index (χ3n) is 3.32. The molecule has 0 radical (unpaired) electrons. The van der Waals surface area contributed by atoms with Gasteiger partial charge < -0.3 is 5.32 Å². The fourth-order valence-electron chi connectivity index (χ4n) is 2.19. The number of nitrogens with zero attached hydrogens (tertiary/aromatic N) is 3. The van der Waals surface area contributed by atoms with E-state index in [1.54, 1.807) is 0 Å². The lowest BCUT2D eigenvalue weighted by atomic mass is 10.2. The molecule has 0 spiro atoms. The molecule has 0 aliphatic heterocycles. The topological polar surface area (TPSA) is 33.1 Å². The molecule has 2 aromatic rings. The van der Waals surface area contributed by atoms with Gasteiger partial charge in [0.25, 0.3) is 0 Å². The predicted octanol–water partition coefficient (Wildman–Crippen LogP) is 2.55. The van der Waals surface area contributed by atoms with Gasteiger partial charge in [0, 0.05) is 25.8 Å². The fourth-order valence-corrected chi connectivity index (χ4v) is 2.19. The molecule has 0 saturated heterocycles. The Morgan fingerprint density at radius 2 is 1.95 bits per heavy atom. The summed E-state index contributed by atoms with van der Waals surface area (Å²) in [6.07, 6.45) is 2.02. The Labute approximate surface area is 127 Å². The van der Waals surface area contributed by atoms with E-state index in [2.05, 4.69) is 54.4 Å². The molecular weight excluding hydrogens is 260 g/mol. The Morgan fingerprint density at radius 1 is 1.19 bits per heavy atom. The van der Waals surface area contributed by atoms with Crippen molar-refractivity contribution < 1.29 is 0 Å². The first-order valence-corrected chi connectivity index (χ1v) is 7.64. The van der Waals surface area contributed by atoms with Gasteiger partial charge in [0.15, 0.2) is 0 Å². The van der Waals surface area contributed by atoms with Crippen molar-refractivity contribution in [3.05, 3.63) is 48.3 Å². The van der Waals surface area contributed by atoms with Gasteiger partial charge in [-0.05, 0) is 37.7 Å². The number of nitrogens with one attached hydrogen (secondary N) is 1. The summed E-state index contributed by atoms with van der Waals surface area (Å²) in [5, 5.41) is 8.10. The highest BCUT2D eigenvalue weighted by molar-refractivity contribution is 5.30. The van der Waals surface area contributed by atoms with Gasteiger partial charge in [-0.15, -0.1) is 0 Å². The second-order valence-corrected chi connectivity index (χ2v) is 5.92. The summed E-state index contributed by atoms with van der Waals surface area (Å²) in [4.78, 5) is 2.30. The van der Waals surface area contributed by atoms with Crippen LogP contribution in [0.4, 0.5) is 0 Å². The first kappa shape index (κ1) is 15.7. The summed E-state index contributed by atoms with van der Waals surface area (Å²) >= 11 is 0. The number of para-hydroxylation sites is 1. The molecule has 1 N–H and O–H groups in total. The van der Waals surface area contributed by atoms with Crippen molar-refractivity contribution >= 4 is 0 Å². The molecular formula is C17H26N4. The fraction of sp³-hybridized carbons (Fsp3) is 0.471. The van der Waals surface area contributed by atoms with E-state index < -0.39 is 0 Å². The van der Waals surface area contributed by atoms with Gasteiger partial charge in [0.05, 0.1) is 11.4 Å². The van der Waals surface area contributed by atoms with Gasteiger partial charge in [-0.2, -0.15) is 5.10 Å². The number of rotatable bonds is 8. The van der Waals surface area contributed by atoms with Crippen LogP contribution in [0.3, 0.4) is 0 Å². The van der Waals surface area contributed by atoms with Gasteiger partial charge in [-0.1, -0.05) is 32.0 Å². The Kier molecular flexibility index (Phi) is 5.96. The highest BCUT2D eigenvalue weighted by atomic mass is 15.3. The molecule has 0 unspecified atom stereocenters. The average molecular weight is 286 g/mol. The number of hydrogen-bond acceptors (Lipinski definition) is 3. The highest BCUT2D eigenvalue weighted by Gasteiger charge is 2.04. The van der Waals surface area contributed by atoms with E-state index in [4.69, 9.17) is 0 Å². The minimum atomic E-state index is 0.705. The standard InChI is InChI=1S/C17H26N4/c1-15(2)13-18-10-12-20(3)14-16-9-11-21(19-16)17-7-5-4-6-8-17/h4-9,11,15,18H,10,12-14H2,1-3H3. The van der Waals surface area contributed by atoms with Crippen LogP contribution in [0.1, 0.15) is 19.5 Å². The molecule has 0 saturated carbocycles. The van der Waals surface area contributed by atoms with Gasteiger partial charge in [0.2, 0.25) is 0 Å². The van der Waals surface area contributed by atoms with Crippen LogP contribution in [0.15, 0.2) is 42.6 Å². The molecule has 114 valence electrons. The quantitative estimate of drug-likeness (QED) is 0.757. The van der Waals surface area contributed by atoms with E-state index in [9.17, 15) is 0 Å². The van der Waals surface area contributed by atoms with E-state index in [0.717, 1.165) is 37.6 Å². The molecule has 0 aliphatic carbocycles. The smallest absolute Gasteiger partial charge is 0.0769 e. The van der Waals surface area contributed by atoms with Crippen LogP contribution in [0.25, 0.3) is 5.69 Å². The van der Waals surface area contributed by atoms with Gasteiger partial charge in [0.1, 0.15) is 0 Å². The van der Waals surface area contributed by atoms with E-state index in [0.29, 0.717) is 5.92 Å².